The maximum Gasteiger partial charge on any atom is 0.161 e. The summed E-state index contributed by atoms with van der Waals surface area (Å²) < 4.78 is 0. The summed E-state index contributed by atoms with van der Waals surface area (Å²) in [6, 6.07) is 1.55. The van der Waals surface area contributed by atoms with Gasteiger partial charge in [-0.15, -0.1) is 0 Å². The molecule has 62 valence electrons. The highest BCUT2D eigenvalue weighted by molar-refractivity contribution is 5.98. The van der Waals surface area contributed by atoms with Gasteiger partial charge in [0.05, 0.1) is 0 Å². The summed E-state index contributed by atoms with van der Waals surface area (Å²) in [6.07, 6.45) is 2.91. The second kappa shape index (κ2) is 3.26. The van der Waals surface area contributed by atoms with Gasteiger partial charge in [0.2, 0.25) is 0 Å². The van der Waals surface area contributed by atoms with E-state index in [2.05, 4.69) is 4.98 Å². The molecule has 0 saturated heterocycles. The van der Waals surface area contributed by atoms with Crippen molar-refractivity contribution in [3.63, 3.8) is 0 Å². The Morgan fingerprint density at radius 2 is 1.50 bits per heavy atom. The van der Waals surface area contributed by atoms with Gasteiger partial charge in [0.1, 0.15) is 0 Å². The summed E-state index contributed by atoms with van der Waals surface area (Å²) >= 11 is 0. The third-order valence-electron chi connectivity index (χ3n) is 1.55. The number of carbonyl (C=O) groups excluding carboxylic acids is 2. The van der Waals surface area contributed by atoms with Crippen molar-refractivity contribution in [3.05, 3.63) is 29.6 Å². The minimum Gasteiger partial charge on any atom is -0.294 e. The van der Waals surface area contributed by atoms with E-state index < -0.39 is 0 Å². The first kappa shape index (κ1) is 8.59. The molecule has 0 atom stereocenters. The van der Waals surface area contributed by atoms with Crippen molar-refractivity contribution in [2.24, 2.45) is 0 Å². The van der Waals surface area contributed by atoms with Gasteiger partial charge in [-0.05, 0) is 19.9 Å². The van der Waals surface area contributed by atoms with Crippen LogP contribution in [-0.4, -0.2) is 16.6 Å². The minimum atomic E-state index is -0.0781. The van der Waals surface area contributed by atoms with E-state index in [1.165, 1.54) is 26.2 Å². The molecule has 0 amide bonds. The fraction of sp³-hybridized carbons (Fsp3) is 0.222. The van der Waals surface area contributed by atoms with Crippen molar-refractivity contribution in [3.8, 4) is 0 Å². The first-order valence-electron chi connectivity index (χ1n) is 3.58. The molecule has 0 spiro atoms. The van der Waals surface area contributed by atoms with E-state index in [4.69, 9.17) is 0 Å². The van der Waals surface area contributed by atoms with Crippen LogP contribution in [0.1, 0.15) is 34.6 Å². The molecule has 0 radical (unpaired) electrons. The second-order valence-corrected chi connectivity index (χ2v) is 2.57. The van der Waals surface area contributed by atoms with E-state index in [1.807, 2.05) is 0 Å². The van der Waals surface area contributed by atoms with E-state index in [-0.39, 0.29) is 11.6 Å². The number of carbonyl (C=O) groups is 2. The molecule has 1 aromatic heterocycles. The van der Waals surface area contributed by atoms with Crippen molar-refractivity contribution in [2.75, 3.05) is 0 Å². The molecule has 0 aromatic carbocycles. The third-order valence-corrected chi connectivity index (χ3v) is 1.55. The predicted molar refractivity (Wildman–Crippen MR) is 44.2 cm³/mol. The Balaban J connectivity index is 3.12. The number of hydrogen-bond donors (Lipinski definition) is 0. The van der Waals surface area contributed by atoms with Crippen molar-refractivity contribution >= 4 is 11.6 Å². The first-order chi connectivity index (χ1) is 5.61. The molecule has 0 fully saturated rings. The normalized spacial score (nSPS) is 9.50. The zero-order valence-corrected chi connectivity index (χ0v) is 7.00. The van der Waals surface area contributed by atoms with Crippen LogP contribution in [-0.2, 0) is 0 Å². The van der Waals surface area contributed by atoms with Crippen LogP contribution in [0.3, 0.4) is 0 Å². The van der Waals surface area contributed by atoms with Crippen molar-refractivity contribution < 1.29 is 9.59 Å². The molecule has 0 bridgehead atoms. The largest absolute Gasteiger partial charge is 0.294 e. The molecule has 3 heteroatoms. The average molecular weight is 163 g/mol. The molecule has 0 aliphatic heterocycles. The van der Waals surface area contributed by atoms with Crippen LogP contribution in [0.4, 0.5) is 0 Å². The summed E-state index contributed by atoms with van der Waals surface area (Å²) in [6.45, 7) is 2.89. The standard InChI is InChI=1S/C9H9NO2/c1-6(11)8-3-9(7(2)12)5-10-4-8/h3-5H,1-2H3. The molecule has 3 nitrogen and oxygen atoms in total. The summed E-state index contributed by atoms with van der Waals surface area (Å²) in [5.41, 5.74) is 0.949. The van der Waals surface area contributed by atoms with Gasteiger partial charge in [-0.25, -0.2) is 0 Å². The number of hydrogen-bond acceptors (Lipinski definition) is 3. The minimum absolute atomic E-state index is 0.0781. The Morgan fingerprint density at radius 3 is 1.83 bits per heavy atom. The Hall–Kier alpha value is -1.51. The molecule has 1 rings (SSSR count). The molecule has 12 heavy (non-hydrogen) atoms. The molecule has 0 N–H and O–H groups in total. The topological polar surface area (TPSA) is 47.0 Å². The smallest absolute Gasteiger partial charge is 0.161 e. The number of rotatable bonds is 2. The molecular weight excluding hydrogens is 154 g/mol. The van der Waals surface area contributed by atoms with E-state index in [1.54, 1.807) is 6.07 Å². The van der Waals surface area contributed by atoms with Crippen LogP contribution < -0.4 is 0 Å². The monoisotopic (exact) mass is 163 g/mol. The number of aromatic nitrogens is 1. The van der Waals surface area contributed by atoms with Gasteiger partial charge in [-0.2, -0.15) is 0 Å². The molecule has 0 unspecified atom stereocenters. The summed E-state index contributed by atoms with van der Waals surface area (Å²) in [5, 5.41) is 0. The van der Waals surface area contributed by atoms with Crippen molar-refractivity contribution in [1.82, 2.24) is 4.98 Å². The zero-order valence-electron chi connectivity index (χ0n) is 7.00. The van der Waals surface area contributed by atoms with Crippen molar-refractivity contribution in [2.45, 2.75) is 13.8 Å². The zero-order chi connectivity index (χ0) is 9.14. The van der Waals surface area contributed by atoms with Gasteiger partial charge in [0.25, 0.3) is 0 Å². The Morgan fingerprint density at radius 1 is 1.08 bits per heavy atom. The van der Waals surface area contributed by atoms with E-state index in [9.17, 15) is 9.59 Å². The number of Topliss-reactive ketones (excluding diaryl/α,β-unsaturated/α-hetero) is 2. The summed E-state index contributed by atoms with van der Waals surface area (Å²) in [4.78, 5) is 25.5. The van der Waals surface area contributed by atoms with Gasteiger partial charge >= 0.3 is 0 Å². The predicted octanol–water partition coefficient (Wildman–Crippen LogP) is 1.49. The van der Waals surface area contributed by atoms with Crippen LogP contribution >= 0.6 is 0 Å². The third kappa shape index (κ3) is 1.75. The molecule has 1 aromatic rings. The highest BCUT2D eigenvalue weighted by Gasteiger charge is 2.03. The molecule has 0 aliphatic carbocycles. The highest BCUT2D eigenvalue weighted by Crippen LogP contribution is 2.03. The van der Waals surface area contributed by atoms with Gasteiger partial charge < -0.3 is 0 Å². The van der Waals surface area contributed by atoms with Crippen molar-refractivity contribution in [1.29, 1.82) is 0 Å². The van der Waals surface area contributed by atoms with Crippen LogP contribution in [0.25, 0.3) is 0 Å². The Labute approximate surface area is 70.4 Å². The van der Waals surface area contributed by atoms with Crippen LogP contribution in [0.2, 0.25) is 0 Å². The van der Waals surface area contributed by atoms with E-state index in [0.717, 1.165) is 0 Å². The van der Waals surface area contributed by atoms with Gasteiger partial charge in [0.15, 0.2) is 11.6 Å². The van der Waals surface area contributed by atoms with Crippen LogP contribution in [0.5, 0.6) is 0 Å². The lowest BCUT2D eigenvalue weighted by Crippen LogP contribution is -1.98. The Bertz CT molecular complexity index is 302. The van der Waals surface area contributed by atoms with E-state index >= 15 is 0 Å². The number of nitrogens with zero attached hydrogens (tertiary/aromatic N) is 1. The number of pyridine rings is 1. The fourth-order valence-electron chi connectivity index (χ4n) is 0.825. The fourth-order valence-corrected chi connectivity index (χ4v) is 0.825. The van der Waals surface area contributed by atoms with Gasteiger partial charge in [-0.3, -0.25) is 14.6 Å². The SMILES string of the molecule is CC(=O)c1cncc(C(C)=O)c1. The molecular formula is C9H9NO2. The maximum absolute atomic E-state index is 10.9. The van der Waals surface area contributed by atoms with Crippen LogP contribution in [0.15, 0.2) is 18.5 Å². The summed E-state index contributed by atoms with van der Waals surface area (Å²) in [5.74, 6) is -0.156. The lowest BCUT2D eigenvalue weighted by molar-refractivity contribution is 0.101. The quantitative estimate of drug-likeness (QED) is 0.620. The van der Waals surface area contributed by atoms with E-state index in [0.29, 0.717) is 11.1 Å². The second-order valence-electron chi connectivity index (χ2n) is 2.57. The lowest BCUT2D eigenvalue weighted by Gasteiger charge is -1.96. The van der Waals surface area contributed by atoms with Gasteiger partial charge in [0, 0.05) is 23.5 Å². The molecule has 0 saturated carbocycles. The number of ketones is 2. The van der Waals surface area contributed by atoms with Crippen LogP contribution in [0, 0.1) is 0 Å². The maximum atomic E-state index is 10.9. The average Bonchev–Trinajstić information content (AvgIpc) is 2.04. The Kier molecular flexibility index (Phi) is 2.33. The highest BCUT2D eigenvalue weighted by atomic mass is 16.1. The molecule has 1 heterocycles. The lowest BCUT2D eigenvalue weighted by atomic mass is 10.1. The summed E-state index contributed by atoms with van der Waals surface area (Å²) in [7, 11) is 0. The molecule has 0 aliphatic rings. The van der Waals surface area contributed by atoms with Gasteiger partial charge in [-0.1, -0.05) is 0 Å². The first-order valence-corrected chi connectivity index (χ1v) is 3.58.